The molecule has 2 aliphatic heterocycles. The number of nitrogens with zero attached hydrogens (tertiary/aromatic N) is 2. The Balaban J connectivity index is 1.92. The van der Waals surface area contributed by atoms with Gasteiger partial charge in [-0.15, -0.1) is 0 Å². The van der Waals surface area contributed by atoms with Crippen molar-refractivity contribution in [1.82, 2.24) is 4.90 Å². The second-order valence-electron chi connectivity index (χ2n) is 7.63. The molecule has 0 saturated carbocycles. The summed E-state index contributed by atoms with van der Waals surface area (Å²) >= 11 is 1.04. The van der Waals surface area contributed by atoms with Crippen LogP contribution in [0.1, 0.15) is 57.6 Å². The van der Waals surface area contributed by atoms with Gasteiger partial charge in [-0.2, -0.15) is 0 Å². The van der Waals surface area contributed by atoms with Gasteiger partial charge in [0, 0.05) is 24.8 Å². The number of fused-ring (bicyclic) bond motifs is 1. The SMILES string of the molecule is CCCN1C(=O)S/C(=C\c2ccc3c(c2)C(C)CC(C)(C)N3C)C1=O. The molecule has 2 heterocycles. The van der Waals surface area contributed by atoms with E-state index in [9.17, 15) is 9.59 Å². The predicted octanol–water partition coefficient (Wildman–Crippen LogP) is 4.85. The van der Waals surface area contributed by atoms with Gasteiger partial charge in [0.1, 0.15) is 0 Å². The van der Waals surface area contributed by atoms with Gasteiger partial charge in [0.15, 0.2) is 0 Å². The molecule has 134 valence electrons. The van der Waals surface area contributed by atoms with E-state index >= 15 is 0 Å². The van der Waals surface area contributed by atoms with Gasteiger partial charge < -0.3 is 4.90 Å². The number of thioether (sulfide) groups is 1. The van der Waals surface area contributed by atoms with Crippen LogP contribution in [0.3, 0.4) is 0 Å². The molecule has 4 nitrogen and oxygen atoms in total. The van der Waals surface area contributed by atoms with E-state index in [-0.39, 0.29) is 16.7 Å². The maximum atomic E-state index is 12.4. The van der Waals surface area contributed by atoms with E-state index in [0.717, 1.165) is 30.2 Å². The lowest BCUT2D eigenvalue weighted by molar-refractivity contribution is -0.122. The van der Waals surface area contributed by atoms with Crippen molar-refractivity contribution in [1.29, 1.82) is 0 Å². The van der Waals surface area contributed by atoms with Gasteiger partial charge in [-0.25, -0.2) is 0 Å². The monoisotopic (exact) mass is 358 g/mol. The maximum absolute atomic E-state index is 12.4. The van der Waals surface area contributed by atoms with E-state index < -0.39 is 0 Å². The van der Waals surface area contributed by atoms with E-state index in [1.807, 2.05) is 19.1 Å². The quantitative estimate of drug-likeness (QED) is 0.724. The van der Waals surface area contributed by atoms with Crippen LogP contribution in [0.15, 0.2) is 23.1 Å². The minimum absolute atomic E-state index is 0.136. The zero-order valence-electron chi connectivity index (χ0n) is 15.6. The highest BCUT2D eigenvalue weighted by Gasteiger charge is 2.35. The van der Waals surface area contributed by atoms with Crippen LogP contribution in [-0.4, -0.2) is 35.2 Å². The molecule has 2 aliphatic rings. The third kappa shape index (κ3) is 3.22. The van der Waals surface area contributed by atoms with Gasteiger partial charge in [0.2, 0.25) is 0 Å². The summed E-state index contributed by atoms with van der Waals surface area (Å²) in [4.78, 5) is 28.6. The molecular formula is C20H26N2O2S. The van der Waals surface area contributed by atoms with Crippen molar-refractivity contribution in [3.63, 3.8) is 0 Å². The van der Waals surface area contributed by atoms with Crippen LogP contribution >= 0.6 is 11.8 Å². The summed E-state index contributed by atoms with van der Waals surface area (Å²) in [6.45, 7) is 9.25. The number of benzene rings is 1. The molecule has 5 heteroatoms. The largest absolute Gasteiger partial charge is 0.369 e. The Morgan fingerprint density at radius 3 is 2.72 bits per heavy atom. The predicted molar refractivity (Wildman–Crippen MR) is 105 cm³/mol. The van der Waals surface area contributed by atoms with Crippen LogP contribution in [0.2, 0.25) is 0 Å². The average molecular weight is 359 g/mol. The van der Waals surface area contributed by atoms with Crippen LogP contribution < -0.4 is 4.90 Å². The minimum Gasteiger partial charge on any atom is -0.369 e. The summed E-state index contributed by atoms with van der Waals surface area (Å²) in [5.74, 6) is 0.297. The van der Waals surface area contributed by atoms with Crippen LogP contribution in [-0.2, 0) is 4.79 Å². The third-order valence-electron chi connectivity index (χ3n) is 5.28. The number of carbonyl (C=O) groups excluding carboxylic acids is 2. The van der Waals surface area contributed by atoms with Gasteiger partial charge in [0.25, 0.3) is 11.1 Å². The zero-order chi connectivity index (χ0) is 18.4. The first-order chi connectivity index (χ1) is 11.7. The summed E-state index contributed by atoms with van der Waals surface area (Å²) in [6, 6.07) is 6.34. The van der Waals surface area contributed by atoms with Crippen LogP contribution in [0, 0.1) is 0 Å². The molecule has 0 aliphatic carbocycles. The lowest BCUT2D eigenvalue weighted by Gasteiger charge is -2.45. The maximum Gasteiger partial charge on any atom is 0.293 e. The zero-order valence-corrected chi connectivity index (χ0v) is 16.4. The molecule has 0 bridgehead atoms. The van der Waals surface area contributed by atoms with Gasteiger partial charge in [0.05, 0.1) is 4.91 Å². The number of hydrogen-bond donors (Lipinski definition) is 0. The molecule has 1 aromatic carbocycles. The molecule has 1 saturated heterocycles. The van der Waals surface area contributed by atoms with E-state index in [1.165, 1.54) is 16.2 Å². The normalized spacial score (nSPS) is 24.2. The number of rotatable bonds is 3. The van der Waals surface area contributed by atoms with Gasteiger partial charge in [-0.05, 0) is 73.7 Å². The second-order valence-corrected chi connectivity index (χ2v) is 8.62. The van der Waals surface area contributed by atoms with E-state index in [0.29, 0.717) is 17.4 Å². The van der Waals surface area contributed by atoms with Gasteiger partial charge in [-0.1, -0.05) is 19.9 Å². The highest BCUT2D eigenvalue weighted by Crippen LogP contribution is 2.43. The van der Waals surface area contributed by atoms with Crippen LogP contribution in [0.4, 0.5) is 10.5 Å². The standard InChI is InChI=1S/C20H26N2O2S/c1-6-9-22-18(23)17(25-19(22)24)11-14-7-8-16-15(10-14)13(2)12-20(3,4)21(16)5/h7-8,10-11,13H,6,9,12H2,1-5H3/b17-11-. The molecule has 25 heavy (non-hydrogen) atoms. The number of anilines is 1. The molecule has 2 amide bonds. The Kier molecular flexibility index (Phi) is 4.71. The summed E-state index contributed by atoms with van der Waals surface area (Å²) < 4.78 is 0. The molecule has 1 atom stereocenters. The lowest BCUT2D eigenvalue weighted by Crippen LogP contribution is -2.45. The minimum atomic E-state index is -0.166. The molecule has 0 radical (unpaired) electrons. The summed E-state index contributed by atoms with van der Waals surface area (Å²) in [5.41, 5.74) is 3.68. The van der Waals surface area contributed by atoms with Crippen molar-refractivity contribution in [2.75, 3.05) is 18.5 Å². The third-order valence-corrected chi connectivity index (χ3v) is 6.18. The Bertz CT molecular complexity index is 754. The van der Waals surface area contributed by atoms with Crippen molar-refractivity contribution in [2.45, 2.75) is 52.0 Å². The van der Waals surface area contributed by atoms with Crippen molar-refractivity contribution >= 4 is 34.7 Å². The molecule has 3 rings (SSSR count). The summed E-state index contributed by atoms with van der Waals surface area (Å²) in [6.07, 6.45) is 3.73. The molecule has 0 N–H and O–H groups in total. The van der Waals surface area contributed by atoms with Crippen molar-refractivity contribution < 1.29 is 9.59 Å². The highest BCUT2D eigenvalue weighted by molar-refractivity contribution is 8.18. The van der Waals surface area contributed by atoms with E-state index in [4.69, 9.17) is 0 Å². The lowest BCUT2D eigenvalue weighted by atomic mass is 9.80. The van der Waals surface area contributed by atoms with Gasteiger partial charge in [-0.3, -0.25) is 14.5 Å². The fourth-order valence-corrected chi connectivity index (χ4v) is 4.62. The molecular weight excluding hydrogens is 332 g/mol. The van der Waals surface area contributed by atoms with E-state index in [2.05, 4.69) is 44.9 Å². The Morgan fingerprint density at radius 2 is 2.04 bits per heavy atom. The smallest absolute Gasteiger partial charge is 0.293 e. The molecule has 0 aromatic heterocycles. The number of imide groups is 1. The van der Waals surface area contributed by atoms with Crippen molar-refractivity contribution in [3.8, 4) is 0 Å². The van der Waals surface area contributed by atoms with Crippen LogP contribution in [0.5, 0.6) is 0 Å². The first-order valence-electron chi connectivity index (χ1n) is 8.87. The molecule has 0 spiro atoms. The van der Waals surface area contributed by atoms with Crippen molar-refractivity contribution in [3.05, 3.63) is 34.2 Å². The Hall–Kier alpha value is -1.75. The Labute approximate surface area is 154 Å². The van der Waals surface area contributed by atoms with E-state index in [1.54, 1.807) is 0 Å². The summed E-state index contributed by atoms with van der Waals surface area (Å²) in [7, 11) is 2.14. The van der Waals surface area contributed by atoms with Crippen LogP contribution in [0.25, 0.3) is 6.08 Å². The number of hydrogen-bond acceptors (Lipinski definition) is 4. The fraction of sp³-hybridized carbons (Fsp3) is 0.500. The topological polar surface area (TPSA) is 40.6 Å². The molecule has 1 unspecified atom stereocenters. The Morgan fingerprint density at radius 1 is 1.32 bits per heavy atom. The average Bonchev–Trinajstić information content (AvgIpc) is 2.80. The number of carbonyl (C=O) groups is 2. The molecule has 1 aromatic rings. The van der Waals surface area contributed by atoms with Crippen molar-refractivity contribution in [2.24, 2.45) is 0 Å². The number of amides is 2. The first-order valence-corrected chi connectivity index (χ1v) is 9.69. The molecule has 1 fully saturated rings. The fourth-order valence-electron chi connectivity index (χ4n) is 3.75. The van der Waals surface area contributed by atoms with Gasteiger partial charge >= 0.3 is 0 Å². The summed E-state index contributed by atoms with van der Waals surface area (Å²) in [5, 5.41) is -0.161. The first kappa shape index (κ1) is 18.1. The second kappa shape index (κ2) is 6.52. The highest BCUT2D eigenvalue weighted by atomic mass is 32.2.